The van der Waals surface area contributed by atoms with Crippen LogP contribution in [0.2, 0.25) is 0 Å². The van der Waals surface area contributed by atoms with Crippen molar-refractivity contribution >= 4 is 0 Å². The summed E-state index contributed by atoms with van der Waals surface area (Å²) >= 11 is 0. The van der Waals surface area contributed by atoms with Gasteiger partial charge in [-0.1, -0.05) is 37.3 Å². The predicted octanol–water partition coefficient (Wildman–Crippen LogP) is 4.05. The molecule has 0 aliphatic carbocycles. The highest BCUT2D eigenvalue weighted by atomic mass is 15.2. The average Bonchev–Trinajstić information content (AvgIpc) is 2.40. The molecule has 2 rings (SSSR count). The molecule has 0 radical (unpaired) electrons. The molecule has 1 aromatic carbocycles. The highest BCUT2D eigenvalue weighted by Crippen LogP contribution is 2.31. The van der Waals surface area contributed by atoms with Gasteiger partial charge in [-0.2, -0.15) is 0 Å². The van der Waals surface area contributed by atoms with E-state index in [9.17, 15) is 0 Å². The number of hydrogen-bond donors (Lipinski definition) is 0. The summed E-state index contributed by atoms with van der Waals surface area (Å²) in [4.78, 5) is 2.66. The summed E-state index contributed by atoms with van der Waals surface area (Å²) in [6, 6.07) is 11.0. The lowest BCUT2D eigenvalue weighted by Crippen LogP contribution is -2.47. The van der Waals surface area contributed by atoms with Crippen molar-refractivity contribution in [3.8, 4) is 0 Å². The topological polar surface area (TPSA) is 3.24 Å². The number of likely N-dealkylation sites (tertiary alicyclic amines) is 1. The van der Waals surface area contributed by atoms with E-state index in [-0.39, 0.29) is 0 Å². The van der Waals surface area contributed by atoms with Crippen molar-refractivity contribution in [2.45, 2.75) is 51.5 Å². The highest BCUT2D eigenvalue weighted by molar-refractivity contribution is 5.20. The van der Waals surface area contributed by atoms with Crippen LogP contribution in [0.5, 0.6) is 0 Å². The van der Waals surface area contributed by atoms with Crippen LogP contribution >= 0.6 is 0 Å². The Kier molecular flexibility index (Phi) is 3.88. The summed E-state index contributed by atoms with van der Waals surface area (Å²) in [7, 11) is 0. The van der Waals surface area contributed by atoms with Crippen LogP contribution in [-0.4, -0.2) is 23.5 Å². The molecule has 0 spiro atoms. The molecule has 1 aliphatic rings. The normalized spacial score (nSPS) is 19.5. The van der Waals surface area contributed by atoms with Crippen molar-refractivity contribution in [1.29, 1.82) is 0 Å². The summed E-state index contributed by atoms with van der Waals surface area (Å²) in [5.41, 5.74) is 1.91. The zero-order valence-corrected chi connectivity index (χ0v) is 11.4. The van der Waals surface area contributed by atoms with Crippen molar-refractivity contribution in [3.63, 3.8) is 0 Å². The quantitative estimate of drug-likeness (QED) is 0.758. The van der Waals surface area contributed by atoms with Crippen LogP contribution in [-0.2, 0) is 0 Å². The fourth-order valence-electron chi connectivity index (χ4n) is 2.77. The molecule has 0 bridgehead atoms. The first-order valence-corrected chi connectivity index (χ1v) is 6.93. The van der Waals surface area contributed by atoms with E-state index in [1.807, 2.05) is 0 Å². The summed E-state index contributed by atoms with van der Waals surface area (Å²) in [5, 5.41) is 0. The van der Waals surface area contributed by atoms with Crippen LogP contribution in [0.1, 0.15) is 51.5 Å². The largest absolute Gasteiger partial charge is 0.298 e. The summed E-state index contributed by atoms with van der Waals surface area (Å²) in [6.07, 6.45) is 3.86. The van der Waals surface area contributed by atoms with E-state index < -0.39 is 0 Å². The second kappa shape index (κ2) is 5.22. The van der Waals surface area contributed by atoms with Gasteiger partial charge in [-0.15, -0.1) is 0 Å². The van der Waals surface area contributed by atoms with Gasteiger partial charge in [-0.3, -0.25) is 4.90 Å². The van der Waals surface area contributed by atoms with E-state index in [1.54, 1.807) is 0 Å². The molecule has 1 aliphatic heterocycles. The second-order valence-corrected chi connectivity index (χ2v) is 5.84. The van der Waals surface area contributed by atoms with Gasteiger partial charge >= 0.3 is 0 Å². The van der Waals surface area contributed by atoms with Gasteiger partial charge in [0, 0.05) is 5.54 Å². The number of hydrogen-bond acceptors (Lipinski definition) is 1. The standard InChI is InChI=1S/C16H25N/c1-4-16(2,3)17-12-10-15(11-13-17)14-8-6-5-7-9-14/h5-9,15H,4,10-13H2,1-3H3. The van der Waals surface area contributed by atoms with Crippen LogP contribution in [0.25, 0.3) is 0 Å². The lowest BCUT2D eigenvalue weighted by atomic mass is 9.86. The maximum absolute atomic E-state index is 2.66. The lowest BCUT2D eigenvalue weighted by molar-refractivity contribution is 0.0847. The van der Waals surface area contributed by atoms with Gasteiger partial charge < -0.3 is 0 Å². The van der Waals surface area contributed by atoms with Gasteiger partial charge in [-0.25, -0.2) is 0 Å². The first-order valence-electron chi connectivity index (χ1n) is 6.93. The fourth-order valence-corrected chi connectivity index (χ4v) is 2.77. The Bertz CT molecular complexity index is 334. The zero-order chi connectivity index (χ0) is 12.3. The van der Waals surface area contributed by atoms with Gasteiger partial charge in [0.15, 0.2) is 0 Å². The van der Waals surface area contributed by atoms with E-state index in [1.165, 1.54) is 37.9 Å². The molecular formula is C16H25N. The minimum Gasteiger partial charge on any atom is -0.298 e. The first-order chi connectivity index (χ1) is 8.13. The summed E-state index contributed by atoms with van der Waals surface area (Å²) in [5.74, 6) is 0.778. The van der Waals surface area contributed by atoms with E-state index >= 15 is 0 Å². The first kappa shape index (κ1) is 12.6. The highest BCUT2D eigenvalue weighted by Gasteiger charge is 2.29. The number of rotatable bonds is 3. The molecule has 0 unspecified atom stereocenters. The van der Waals surface area contributed by atoms with Crippen LogP contribution < -0.4 is 0 Å². The Morgan fingerprint density at radius 3 is 2.24 bits per heavy atom. The molecule has 0 N–H and O–H groups in total. The molecule has 1 nitrogen and oxygen atoms in total. The summed E-state index contributed by atoms with van der Waals surface area (Å²) in [6.45, 7) is 9.54. The Hall–Kier alpha value is -0.820. The molecule has 0 saturated carbocycles. The van der Waals surface area contributed by atoms with E-state index in [2.05, 4.69) is 56.0 Å². The minimum absolute atomic E-state index is 0.377. The maximum atomic E-state index is 2.66. The average molecular weight is 231 g/mol. The third-order valence-corrected chi connectivity index (χ3v) is 4.49. The van der Waals surface area contributed by atoms with Crippen molar-refractivity contribution < 1.29 is 0 Å². The van der Waals surface area contributed by atoms with Crippen LogP contribution in [0.15, 0.2) is 30.3 Å². The van der Waals surface area contributed by atoms with Crippen molar-refractivity contribution in [1.82, 2.24) is 4.90 Å². The minimum atomic E-state index is 0.377. The van der Waals surface area contributed by atoms with E-state index in [0.29, 0.717) is 5.54 Å². The maximum Gasteiger partial charge on any atom is 0.0150 e. The molecule has 0 aromatic heterocycles. The van der Waals surface area contributed by atoms with E-state index in [0.717, 1.165) is 5.92 Å². The van der Waals surface area contributed by atoms with Gasteiger partial charge in [0.2, 0.25) is 0 Å². The molecule has 1 aromatic rings. The van der Waals surface area contributed by atoms with Crippen molar-refractivity contribution in [3.05, 3.63) is 35.9 Å². The molecule has 1 saturated heterocycles. The third kappa shape index (κ3) is 2.90. The number of piperidine rings is 1. The van der Waals surface area contributed by atoms with Crippen LogP contribution in [0, 0.1) is 0 Å². The summed E-state index contributed by atoms with van der Waals surface area (Å²) < 4.78 is 0. The SMILES string of the molecule is CCC(C)(C)N1CCC(c2ccccc2)CC1. The number of benzene rings is 1. The Balaban J connectivity index is 1.95. The van der Waals surface area contributed by atoms with Crippen LogP contribution in [0.4, 0.5) is 0 Å². The molecule has 1 heterocycles. The lowest BCUT2D eigenvalue weighted by Gasteiger charge is -2.42. The van der Waals surface area contributed by atoms with Crippen molar-refractivity contribution in [2.75, 3.05) is 13.1 Å². The van der Waals surface area contributed by atoms with Gasteiger partial charge in [0.25, 0.3) is 0 Å². The van der Waals surface area contributed by atoms with E-state index in [4.69, 9.17) is 0 Å². The predicted molar refractivity (Wildman–Crippen MR) is 74.4 cm³/mol. The molecule has 1 fully saturated rings. The zero-order valence-electron chi connectivity index (χ0n) is 11.4. The molecular weight excluding hydrogens is 206 g/mol. The van der Waals surface area contributed by atoms with Gasteiger partial charge in [-0.05, 0) is 57.7 Å². The monoisotopic (exact) mass is 231 g/mol. The van der Waals surface area contributed by atoms with Gasteiger partial charge in [0.05, 0.1) is 0 Å². The smallest absolute Gasteiger partial charge is 0.0150 e. The number of nitrogens with zero attached hydrogens (tertiary/aromatic N) is 1. The molecule has 0 amide bonds. The second-order valence-electron chi connectivity index (χ2n) is 5.84. The Morgan fingerprint density at radius 2 is 1.71 bits per heavy atom. The molecule has 0 atom stereocenters. The Morgan fingerprint density at radius 1 is 1.12 bits per heavy atom. The van der Waals surface area contributed by atoms with Gasteiger partial charge in [0.1, 0.15) is 0 Å². The van der Waals surface area contributed by atoms with Crippen LogP contribution in [0.3, 0.4) is 0 Å². The molecule has 17 heavy (non-hydrogen) atoms. The van der Waals surface area contributed by atoms with Crippen molar-refractivity contribution in [2.24, 2.45) is 0 Å². The Labute approximate surface area is 106 Å². The molecule has 94 valence electrons. The fraction of sp³-hybridized carbons (Fsp3) is 0.625. The molecule has 1 heteroatoms. The third-order valence-electron chi connectivity index (χ3n) is 4.49.